The maximum Gasteiger partial charge on any atom is 0.224 e. The largest absolute Gasteiger partial charge is 0.330 e. The van der Waals surface area contributed by atoms with Crippen LogP contribution in [0, 0.1) is 11.8 Å². The van der Waals surface area contributed by atoms with E-state index in [-0.39, 0.29) is 11.8 Å². The van der Waals surface area contributed by atoms with Crippen molar-refractivity contribution in [3.63, 3.8) is 0 Å². The lowest BCUT2D eigenvalue weighted by atomic mass is 9.94. The van der Waals surface area contributed by atoms with Crippen molar-refractivity contribution < 1.29 is 4.79 Å². The van der Waals surface area contributed by atoms with E-state index in [1.54, 1.807) is 0 Å². The minimum atomic E-state index is 0.0596. The molecule has 0 fully saturated rings. The Hall–Kier alpha value is -1.35. The molecule has 19 heavy (non-hydrogen) atoms. The fourth-order valence-electron chi connectivity index (χ4n) is 2.27. The van der Waals surface area contributed by atoms with Crippen molar-refractivity contribution in [2.24, 2.45) is 17.6 Å². The number of hydrogen-bond donors (Lipinski definition) is 2. The Kier molecular flexibility index (Phi) is 6.57. The Bertz CT molecular complexity index is 401. The highest BCUT2D eigenvalue weighted by Crippen LogP contribution is 2.16. The van der Waals surface area contributed by atoms with Crippen molar-refractivity contribution in [1.82, 2.24) is 0 Å². The molecule has 0 unspecified atom stereocenters. The van der Waals surface area contributed by atoms with E-state index in [0.29, 0.717) is 18.9 Å². The quantitative estimate of drug-likeness (QED) is 0.793. The van der Waals surface area contributed by atoms with Crippen molar-refractivity contribution >= 4 is 11.6 Å². The van der Waals surface area contributed by atoms with Crippen LogP contribution in [0.25, 0.3) is 0 Å². The predicted octanol–water partition coefficient (Wildman–Crippen LogP) is 3.20. The number of nitrogens with one attached hydrogen (secondary N) is 1. The molecule has 3 nitrogen and oxygen atoms in total. The lowest BCUT2D eigenvalue weighted by Gasteiger charge is -2.16. The molecule has 106 valence electrons. The zero-order valence-electron chi connectivity index (χ0n) is 12.3. The second-order valence-electron chi connectivity index (χ2n) is 5.54. The Morgan fingerprint density at radius 2 is 2.11 bits per heavy atom. The average Bonchev–Trinajstić information content (AvgIpc) is 2.37. The van der Waals surface area contributed by atoms with Gasteiger partial charge in [-0.25, -0.2) is 0 Å². The molecule has 0 radical (unpaired) electrons. The summed E-state index contributed by atoms with van der Waals surface area (Å²) in [5.74, 6) is 0.906. The molecule has 1 atom stereocenters. The number of aryl methyl sites for hydroxylation is 1. The maximum atomic E-state index is 12.0. The Balaban J connectivity index is 2.53. The van der Waals surface area contributed by atoms with Crippen LogP contribution in [-0.2, 0) is 11.2 Å². The highest BCUT2D eigenvalue weighted by molar-refractivity contribution is 5.90. The molecular formula is C16H26N2O. The molecule has 0 aliphatic heterocycles. The third kappa shape index (κ3) is 5.88. The number of amides is 1. The van der Waals surface area contributed by atoms with Gasteiger partial charge < -0.3 is 11.1 Å². The first-order valence-electron chi connectivity index (χ1n) is 7.14. The first kappa shape index (κ1) is 15.7. The Labute approximate surface area is 116 Å². The van der Waals surface area contributed by atoms with E-state index in [1.165, 1.54) is 5.56 Å². The first-order chi connectivity index (χ1) is 9.05. The van der Waals surface area contributed by atoms with Gasteiger partial charge in [0.2, 0.25) is 5.91 Å². The number of nitrogens with two attached hydrogens (primary N) is 1. The molecule has 1 amide bonds. The highest BCUT2D eigenvalue weighted by atomic mass is 16.1. The minimum absolute atomic E-state index is 0.0596. The van der Waals surface area contributed by atoms with Gasteiger partial charge in [0.05, 0.1) is 0 Å². The zero-order chi connectivity index (χ0) is 14.3. The van der Waals surface area contributed by atoms with Crippen LogP contribution in [-0.4, -0.2) is 12.5 Å². The van der Waals surface area contributed by atoms with Crippen molar-refractivity contribution in [2.75, 3.05) is 11.9 Å². The predicted molar refractivity (Wildman–Crippen MR) is 81.1 cm³/mol. The van der Waals surface area contributed by atoms with Crippen molar-refractivity contribution in [2.45, 2.75) is 40.0 Å². The number of carbonyl (C=O) groups is 1. The summed E-state index contributed by atoms with van der Waals surface area (Å²) < 4.78 is 0. The fraction of sp³-hybridized carbons (Fsp3) is 0.562. The molecule has 3 N–H and O–H groups in total. The first-order valence-corrected chi connectivity index (χ1v) is 7.14. The summed E-state index contributed by atoms with van der Waals surface area (Å²) in [5, 5.41) is 2.96. The second kappa shape index (κ2) is 7.95. The molecule has 0 saturated carbocycles. The Morgan fingerprint density at radius 1 is 1.37 bits per heavy atom. The lowest BCUT2D eigenvalue weighted by Crippen LogP contribution is -2.23. The SMILES string of the molecule is CCc1cccc(NC(=O)C[C@@H](CN)CC(C)C)c1. The van der Waals surface area contributed by atoms with E-state index in [9.17, 15) is 4.79 Å². The van der Waals surface area contributed by atoms with Crippen LogP contribution in [0.4, 0.5) is 5.69 Å². The van der Waals surface area contributed by atoms with Gasteiger partial charge in [-0.2, -0.15) is 0 Å². The van der Waals surface area contributed by atoms with Gasteiger partial charge in [-0.3, -0.25) is 4.79 Å². The van der Waals surface area contributed by atoms with Crippen LogP contribution < -0.4 is 11.1 Å². The van der Waals surface area contributed by atoms with E-state index in [2.05, 4.69) is 32.2 Å². The molecule has 1 rings (SSSR count). The molecule has 0 aromatic heterocycles. The van der Waals surface area contributed by atoms with E-state index in [4.69, 9.17) is 5.73 Å². The number of benzene rings is 1. The zero-order valence-corrected chi connectivity index (χ0v) is 12.3. The normalized spacial score (nSPS) is 12.5. The molecule has 0 heterocycles. The van der Waals surface area contributed by atoms with Crippen LogP contribution >= 0.6 is 0 Å². The van der Waals surface area contributed by atoms with Gasteiger partial charge in [-0.1, -0.05) is 32.9 Å². The van der Waals surface area contributed by atoms with Gasteiger partial charge in [0.25, 0.3) is 0 Å². The van der Waals surface area contributed by atoms with Gasteiger partial charge in [-0.05, 0) is 48.9 Å². The molecule has 0 spiro atoms. The number of rotatable bonds is 7. The third-order valence-corrected chi connectivity index (χ3v) is 3.23. The van der Waals surface area contributed by atoms with Crippen LogP contribution in [0.3, 0.4) is 0 Å². The summed E-state index contributed by atoms with van der Waals surface area (Å²) in [5.41, 5.74) is 7.84. The summed E-state index contributed by atoms with van der Waals surface area (Å²) in [6.07, 6.45) is 2.48. The van der Waals surface area contributed by atoms with Gasteiger partial charge in [0, 0.05) is 12.1 Å². The standard InChI is InChI=1S/C16H26N2O/c1-4-13-6-5-7-15(9-13)18-16(19)10-14(11-17)8-12(2)3/h5-7,9,12,14H,4,8,10-11,17H2,1-3H3,(H,18,19)/t14-/m0/s1. The highest BCUT2D eigenvalue weighted by Gasteiger charge is 2.14. The monoisotopic (exact) mass is 262 g/mol. The van der Waals surface area contributed by atoms with Crippen LogP contribution in [0.2, 0.25) is 0 Å². The molecule has 0 bridgehead atoms. The molecule has 0 aliphatic rings. The van der Waals surface area contributed by atoms with Gasteiger partial charge in [0.1, 0.15) is 0 Å². The average molecular weight is 262 g/mol. The van der Waals surface area contributed by atoms with E-state index in [0.717, 1.165) is 18.5 Å². The molecule has 3 heteroatoms. The topological polar surface area (TPSA) is 55.1 Å². The van der Waals surface area contributed by atoms with Crippen LogP contribution in [0.15, 0.2) is 24.3 Å². The smallest absolute Gasteiger partial charge is 0.224 e. The van der Waals surface area contributed by atoms with Gasteiger partial charge in [-0.15, -0.1) is 0 Å². The van der Waals surface area contributed by atoms with Crippen molar-refractivity contribution in [3.05, 3.63) is 29.8 Å². The minimum Gasteiger partial charge on any atom is -0.330 e. The Morgan fingerprint density at radius 3 is 2.68 bits per heavy atom. The molecule has 0 saturated heterocycles. The molecular weight excluding hydrogens is 236 g/mol. The van der Waals surface area contributed by atoms with Crippen LogP contribution in [0.1, 0.15) is 39.2 Å². The summed E-state index contributed by atoms with van der Waals surface area (Å²) in [6, 6.07) is 7.99. The van der Waals surface area contributed by atoms with Gasteiger partial charge in [0.15, 0.2) is 0 Å². The number of hydrogen-bond acceptors (Lipinski definition) is 2. The molecule has 0 aliphatic carbocycles. The van der Waals surface area contributed by atoms with E-state index in [1.807, 2.05) is 18.2 Å². The summed E-state index contributed by atoms with van der Waals surface area (Å²) >= 11 is 0. The second-order valence-corrected chi connectivity index (χ2v) is 5.54. The lowest BCUT2D eigenvalue weighted by molar-refractivity contribution is -0.117. The summed E-state index contributed by atoms with van der Waals surface area (Å²) in [7, 11) is 0. The molecule has 1 aromatic rings. The fourth-order valence-corrected chi connectivity index (χ4v) is 2.27. The van der Waals surface area contributed by atoms with E-state index >= 15 is 0 Å². The summed E-state index contributed by atoms with van der Waals surface area (Å²) in [4.78, 5) is 12.0. The van der Waals surface area contributed by atoms with Gasteiger partial charge >= 0.3 is 0 Å². The molecule has 1 aromatic carbocycles. The van der Waals surface area contributed by atoms with E-state index < -0.39 is 0 Å². The number of anilines is 1. The number of carbonyl (C=O) groups excluding carboxylic acids is 1. The van der Waals surface area contributed by atoms with Crippen molar-refractivity contribution in [3.8, 4) is 0 Å². The van der Waals surface area contributed by atoms with Crippen LogP contribution in [0.5, 0.6) is 0 Å². The third-order valence-electron chi connectivity index (χ3n) is 3.23. The summed E-state index contributed by atoms with van der Waals surface area (Å²) in [6.45, 7) is 6.99. The van der Waals surface area contributed by atoms with Crippen molar-refractivity contribution in [1.29, 1.82) is 0 Å². The maximum absolute atomic E-state index is 12.0.